The molecule has 0 bridgehead atoms. The molecule has 0 aliphatic carbocycles. The van der Waals surface area contributed by atoms with Gasteiger partial charge in [0, 0.05) is 5.69 Å². The molecule has 0 aromatic heterocycles. The number of hydrogen-bond acceptors (Lipinski definition) is 3. The smallest absolute Gasteiger partial charge is 0.297 e. The summed E-state index contributed by atoms with van der Waals surface area (Å²) in [4.78, 5) is 17.2. The molecule has 0 saturated heterocycles. The number of halogens is 3. The Bertz CT molecular complexity index is 909. The van der Waals surface area contributed by atoms with Gasteiger partial charge in [-0.05, 0) is 43.5 Å². The lowest BCUT2D eigenvalue weighted by molar-refractivity contribution is -0.137. The molecule has 0 unspecified atom stereocenters. The van der Waals surface area contributed by atoms with Crippen LogP contribution in [0.1, 0.15) is 87.8 Å². The average Bonchev–Trinajstić information content (AvgIpc) is 2.80. The summed E-state index contributed by atoms with van der Waals surface area (Å²) < 4.78 is 38.6. The van der Waals surface area contributed by atoms with Gasteiger partial charge in [-0.2, -0.15) is 13.2 Å². The van der Waals surface area contributed by atoms with Crippen LogP contribution in [-0.4, -0.2) is 11.8 Å². The van der Waals surface area contributed by atoms with E-state index in [1.54, 1.807) is 0 Å². The van der Waals surface area contributed by atoms with Gasteiger partial charge in [-0.1, -0.05) is 99.3 Å². The lowest BCUT2D eigenvalue weighted by Crippen LogP contribution is -2.14. The maximum atomic E-state index is 12.9. The summed E-state index contributed by atoms with van der Waals surface area (Å²) in [6.07, 6.45) is 5.99. The Morgan fingerprint density at radius 2 is 1.53 bits per heavy atom. The number of anilines is 1. The molecule has 2 rings (SSSR count). The number of hydrogen-bond donors (Lipinski definition) is 1. The minimum atomic E-state index is -4.49. The predicted molar refractivity (Wildman–Crippen MR) is 131 cm³/mol. The van der Waals surface area contributed by atoms with Gasteiger partial charge in [0.15, 0.2) is 0 Å². The van der Waals surface area contributed by atoms with Gasteiger partial charge < -0.3 is 0 Å². The lowest BCUT2D eigenvalue weighted by atomic mass is 10.0. The van der Waals surface area contributed by atoms with Crippen LogP contribution in [0.5, 0.6) is 0 Å². The highest BCUT2D eigenvalue weighted by Gasteiger charge is 2.30. The van der Waals surface area contributed by atoms with E-state index in [0.717, 1.165) is 42.5 Å². The molecule has 0 aliphatic heterocycles. The monoisotopic (exact) mass is 476 g/mol. The summed E-state index contributed by atoms with van der Waals surface area (Å²) in [5.41, 5.74) is 1.75. The van der Waals surface area contributed by atoms with Crippen LogP contribution >= 0.6 is 0 Å². The zero-order valence-electron chi connectivity index (χ0n) is 20.1. The van der Waals surface area contributed by atoms with E-state index in [2.05, 4.69) is 17.4 Å². The van der Waals surface area contributed by atoms with Crippen molar-refractivity contribution < 1.29 is 22.8 Å². The Balaban J connectivity index is 1.91. The highest BCUT2D eigenvalue weighted by Crippen LogP contribution is 2.30. The van der Waals surface area contributed by atoms with Crippen molar-refractivity contribution in [3.63, 3.8) is 0 Å². The van der Waals surface area contributed by atoms with Crippen LogP contribution in [0.2, 0.25) is 0 Å². The molecule has 1 amide bonds. The van der Waals surface area contributed by atoms with E-state index in [9.17, 15) is 18.0 Å². The van der Waals surface area contributed by atoms with Crippen molar-refractivity contribution in [3.05, 3.63) is 65.2 Å². The summed E-state index contributed by atoms with van der Waals surface area (Å²) in [6, 6.07) is 12.2. The first-order valence-corrected chi connectivity index (χ1v) is 12.1. The molecule has 0 heterocycles. The van der Waals surface area contributed by atoms with Crippen LogP contribution in [-0.2, 0) is 11.0 Å². The van der Waals surface area contributed by atoms with E-state index in [1.807, 2.05) is 31.2 Å². The predicted octanol–water partition coefficient (Wildman–Crippen LogP) is 8.89. The minimum absolute atomic E-state index is 0.00847. The van der Waals surface area contributed by atoms with Crippen LogP contribution < -0.4 is 5.32 Å². The molecule has 0 atom stereocenters. The lowest BCUT2D eigenvalue weighted by Gasteiger charge is -2.10. The highest BCUT2D eigenvalue weighted by atomic mass is 19.4. The second-order valence-corrected chi connectivity index (χ2v) is 8.56. The maximum absolute atomic E-state index is 12.9. The number of oxime groups is 1. The fourth-order valence-corrected chi connectivity index (χ4v) is 3.60. The third-order valence-electron chi connectivity index (χ3n) is 5.58. The molecule has 0 fully saturated rings. The van der Waals surface area contributed by atoms with Gasteiger partial charge in [0.25, 0.3) is 0 Å². The van der Waals surface area contributed by atoms with Crippen molar-refractivity contribution in [1.29, 1.82) is 0 Å². The first-order valence-electron chi connectivity index (χ1n) is 12.1. The van der Waals surface area contributed by atoms with Crippen molar-refractivity contribution in [2.24, 2.45) is 5.16 Å². The van der Waals surface area contributed by atoms with E-state index >= 15 is 0 Å². The Morgan fingerprint density at radius 3 is 2.15 bits per heavy atom. The Labute approximate surface area is 200 Å². The van der Waals surface area contributed by atoms with E-state index in [1.165, 1.54) is 50.7 Å². The van der Waals surface area contributed by atoms with Gasteiger partial charge in [0.05, 0.1) is 11.3 Å². The normalized spacial score (nSPS) is 12.0. The quantitative estimate of drug-likeness (QED) is 0.136. The summed E-state index contributed by atoms with van der Waals surface area (Å²) in [6.45, 7) is 4.20. The molecule has 1 N–H and O–H groups in total. The van der Waals surface area contributed by atoms with Gasteiger partial charge in [-0.15, -0.1) is 0 Å². The van der Waals surface area contributed by atoms with Crippen molar-refractivity contribution in [3.8, 4) is 0 Å². The number of carbonyl (C=O) groups is 1. The highest BCUT2D eigenvalue weighted by molar-refractivity contribution is 6.00. The van der Waals surface area contributed by atoms with Crippen molar-refractivity contribution in [2.45, 2.75) is 84.2 Å². The molecule has 2 aromatic carbocycles. The molecule has 34 heavy (non-hydrogen) atoms. The number of rotatable bonds is 13. The second-order valence-electron chi connectivity index (χ2n) is 8.56. The zero-order valence-corrected chi connectivity index (χ0v) is 20.1. The molecular weight excluding hydrogens is 441 g/mol. The fourth-order valence-electron chi connectivity index (χ4n) is 3.60. The van der Waals surface area contributed by atoms with Gasteiger partial charge in [0.2, 0.25) is 0 Å². The van der Waals surface area contributed by atoms with Crippen LogP contribution in [0.4, 0.5) is 23.7 Å². The summed E-state index contributed by atoms with van der Waals surface area (Å²) in [7, 11) is 0. The molecule has 0 aliphatic rings. The minimum Gasteiger partial charge on any atom is -0.297 e. The first-order chi connectivity index (χ1) is 16.3. The first kappa shape index (κ1) is 27.4. The third-order valence-corrected chi connectivity index (χ3v) is 5.58. The number of aryl methyl sites for hydroxylation is 1. The van der Waals surface area contributed by atoms with E-state index in [0.29, 0.717) is 12.1 Å². The summed E-state index contributed by atoms with van der Waals surface area (Å²) in [5.74, 6) is 0. The maximum Gasteiger partial charge on any atom is 0.437 e. The van der Waals surface area contributed by atoms with Crippen LogP contribution in [0, 0.1) is 6.92 Å². The van der Waals surface area contributed by atoms with Crippen LogP contribution in [0.25, 0.3) is 0 Å². The molecule has 2 aromatic rings. The summed E-state index contributed by atoms with van der Waals surface area (Å²) >= 11 is 0. The zero-order chi connectivity index (χ0) is 24.8. The topological polar surface area (TPSA) is 50.7 Å². The molecule has 7 heteroatoms. The van der Waals surface area contributed by atoms with Crippen molar-refractivity contribution in [1.82, 2.24) is 0 Å². The van der Waals surface area contributed by atoms with Gasteiger partial charge >= 0.3 is 12.3 Å². The van der Waals surface area contributed by atoms with Crippen LogP contribution in [0.15, 0.2) is 53.7 Å². The van der Waals surface area contributed by atoms with Crippen molar-refractivity contribution >= 4 is 17.5 Å². The van der Waals surface area contributed by atoms with Gasteiger partial charge in [0.1, 0.15) is 0 Å². The number of nitrogens with zero attached hydrogens (tertiary/aromatic N) is 1. The van der Waals surface area contributed by atoms with E-state index in [4.69, 9.17) is 4.84 Å². The third kappa shape index (κ3) is 10.4. The van der Waals surface area contributed by atoms with E-state index < -0.39 is 17.8 Å². The molecule has 186 valence electrons. The number of nitrogens with one attached hydrogen (secondary N) is 1. The fraction of sp³-hybridized carbons (Fsp3) is 0.481. The van der Waals surface area contributed by atoms with Crippen LogP contribution in [0.3, 0.4) is 0 Å². The number of alkyl halides is 3. The Kier molecular flexibility index (Phi) is 11.6. The van der Waals surface area contributed by atoms with Gasteiger partial charge in [-0.3, -0.25) is 10.2 Å². The SMILES string of the molecule is CCCCCCCCCCC/C(=N\OC(=O)Nc1cccc(C(F)(F)F)c1)c1ccc(C)cc1. The molecule has 0 spiro atoms. The number of amides is 1. The molecular formula is C27H35F3N2O2. The molecule has 0 radical (unpaired) electrons. The van der Waals surface area contributed by atoms with Crippen molar-refractivity contribution in [2.75, 3.05) is 5.32 Å². The average molecular weight is 477 g/mol. The Morgan fingerprint density at radius 1 is 0.912 bits per heavy atom. The largest absolute Gasteiger partial charge is 0.437 e. The standard InChI is InChI=1S/C27H35F3N2O2/c1-3-4-5-6-7-8-9-10-11-15-25(22-18-16-21(2)17-19-22)32-34-26(33)31-24-14-12-13-23(20-24)27(28,29)30/h12-14,16-20H,3-11,15H2,1-2H3,(H,31,33)/b32-25+. The summed E-state index contributed by atoms with van der Waals surface area (Å²) in [5, 5.41) is 6.35. The number of unbranched alkanes of at least 4 members (excludes halogenated alkanes) is 8. The Hall–Kier alpha value is -2.83. The van der Waals surface area contributed by atoms with Gasteiger partial charge in [-0.25, -0.2) is 4.79 Å². The molecule has 0 saturated carbocycles. The van der Waals surface area contributed by atoms with E-state index in [-0.39, 0.29) is 5.69 Å². The number of benzene rings is 2. The molecule has 4 nitrogen and oxygen atoms in total. The second kappa shape index (κ2) is 14.4. The number of carbonyl (C=O) groups excluding carboxylic acids is 1.